The maximum absolute atomic E-state index is 9.01. The highest BCUT2D eigenvalue weighted by atomic mass is 16.3. The van der Waals surface area contributed by atoms with Gasteiger partial charge in [0.1, 0.15) is 0 Å². The Balaban J connectivity index is 4.15. The Morgan fingerprint density at radius 2 is 2.36 bits per heavy atom. The van der Waals surface area contributed by atoms with E-state index in [0.717, 1.165) is 12.8 Å². The van der Waals surface area contributed by atoms with Crippen molar-refractivity contribution in [3.8, 4) is 0 Å². The molecular weight excluding hydrogens is 144 g/mol. The molecule has 0 heterocycles. The van der Waals surface area contributed by atoms with Gasteiger partial charge in [-0.05, 0) is 6.42 Å². The van der Waals surface area contributed by atoms with Crippen molar-refractivity contribution in [1.82, 2.24) is 0 Å². The van der Waals surface area contributed by atoms with Crippen molar-refractivity contribution in [2.75, 3.05) is 0 Å². The normalized spacial score (nSPS) is 11.6. The molecule has 60 valence electrons. The molecule has 0 aromatic rings. The Bertz CT molecular complexity index is 203. The van der Waals surface area contributed by atoms with E-state index in [0.29, 0.717) is 6.42 Å². The van der Waals surface area contributed by atoms with E-state index in [-0.39, 0.29) is 5.76 Å². The van der Waals surface area contributed by atoms with Crippen molar-refractivity contribution in [3.05, 3.63) is 22.1 Å². The van der Waals surface area contributed by atoms with Gasteiger partial charge < -0.3 is 10.6 Å². The number of aliphatic hydroxyl groups is 1. The molecule has 0 spiro atoms. The van der Waals surface area contributed by atoms with E-state index in [1.807, 2.05) is 6.92 Å². The number of nitrogens with zero attached hydrogens (tertiary/aromatic N) is 4. The Morgan fingerprint density at radius 1 is 1.73 bits per heavy atom. The summed E-state index contributed by atoms with van der Waals surface area (Å²) in [5, 5.41) is 19.7. The third-order valence-electron chi connectivity index (χ3n) is 1.21. The number of rotatable bonds is 4. The molecular formula is C6H10N4O. The number of diazo groups is 1. The second kappa shape index (κ2) is 5.35. The molecule has 1 N–H and O–H groups in total. The fraction of sp³-hybridized carbons (Fsp3) is 0.667. The molecule has 0 saturated carbocycles. The fourth-order valence-electron chi connectivity index (χ4n) is 0.591. The van der Waals surface area contributed by atoms with Crippen LogP contribution < -0.4 is 0 Å². The number of unbranched alkanes of at least 4 members (excludes halogenated alkanes) is 1. The van der Waals surface area contributed by atoms with Crippen LogP contribution in [0.4, 0.5) is 0 Å². The summed E-state index contributed by atoms with van der Waals surface area (Å²) in [5.74, 6) is -0.615. The monoisotopic (exact) mass is 154 g/mol. The second-order valence-electron chi connectivity index (χ2n) is 2.07. The van der Waals surface area contributed by atoms with E-state index in [1.165, 1.54) is 0 Å². The van der Waals surface area contributed by atoms with E-state index < -0.39 is 5.82 Å². The molecule has 0 saturated heterocycles. The number of hydrogen-bond acceptors (Lipinski definition) is 3. The van der Waals surface area contributed by atoms with Gasteiger partial charge in [0, 0.05) is 11.4 Å². The summed E-state index contributed by atoms with van der Waals surface area (Å²) in [4.78, 5) is 2.57. The summed E-state index contributed by atoms with van der Waals surface area (Å²) in [5.41, 5.74) is 8.15. The Hall–Kier alpha value is -1.44. The lowest BCUT2D eigenvalue weighted by Gasteiger charge is -1.91. The molecule has 11 heavy (non-hydrogen) atoms. The first-order valence-corrected chi connectivity index (χ1v) is 3.38. The van der Waals surface area contributed by atoms with Crippen LogP contribution in [0.15, 0.2) is 16.7 Å². The molecule has 0 aromatic carbocycles. The van der Waals surface area contributed by atoms with E-state index in [1.54, 1.807) is 0 Å². The van der Waals surface area contributed by atoms with Crippen molar-refractivity contribution in [3.63, 3.8) is 0 Å². The van der Waals surface area contributed by atoms with Gasteiger partial charge in [-0.15, -0.1) is 5.11 Å². The first kappa shape index (κ1) is 9.56. The lowest BCUT2D eigenvalue weighted by molar-refractivity contribution is 0.377. The van der Waals surface area contributed by atoms with Gasteiger partial charge in [0.15, 0.2) is 0 Å². The van der Waals surface area contributed by atoms with Gasteiger partial charge in [-0.25, -0.2) is 0 Å². The second-order valence-corrected chi connectivity index (χ2v) is 2.07. The van der Waals surface area contributed by atoms with Gasteiger partial charge in [-0.1, -0.05) is 13.3 Å². The number of aliphatic hydroxyl groups excluding tert-OH is 1. The molecule has 0 aliphatic carbocycles. The fourth-order valence-corrected chi connectivity index (χ4v) is 0.591. The Kier molecular flexibility index (Phi) is 4.65. The minimum atomic E-state index is -0.418. The van der Waals surface area contributed by atoms with Crippen LogP contribution in [-0.2, 0) is 0 Å². The van der Waals surface area contributed by atoms with E-state index in [9.17, 15) is 0 Å². The van der Waals surface area contributed by atoms with Crippen LogP contribution in [0, 0.1) is 5.39 Å². The highest BCUT2D eigenvalue weighted by Crippen LogP contribution is 2.11. The average molecular weight is 154 g/mol. The molecule has 5 nitrogen and oxygen atoms in total. The van der Waals surface area contributed by atoms with Gasteiger partial charge in [-0.3, -0.25) is 0 Å². The van der Waals surface area contributed by atoms with Crippen molar-refractivity contribution in [2.24, 2.45) is 5.11 Å². The van der Waals surface area contributed by atoms with Crippen molar-refractivity contribution < 1.29 is 5.11 Å². The van der Waals surface area contributed by atoms with Crippen LogP contribution >= 0.6 is 0 Å². The van der Waals surface area contributed by atoms with E-state index >= 15 is 0 Å². The van der Waals surface area contributed by atoms with Gasteiger partial charge in [0.05, 0.1) is 5.39 Å². The zero-order valence-corrected chi connectivity index (χ0v) is 6.36. The Labute approximate surface area is 64.9 Å². The highest BCUT2D eigenvalue weighted by Gasteiger charge is 2.11. The molecule has 0 aromatic heterocycles. The summed E-state index contributed by atoms with van der Waals surface area (Å²) in [6.45, 7) is 1.96. The van der Waals surface area contributed by atoms with Crippen molar-refractivity contribution >= 4 is 0 Å². The Morgan fingerprint density at radius 3 is 2.73 bits per heavy atom. The van der Waals surface area contributed by atoms with Crippen LogP contribution in [0.25, 0.3) is 10.5 Å². The topological polar surface area (TPSA) is 83.0 Å². The molecule has 0 aliphatic heterocycles. The summed E-state index contributed by atoms with van der Waals surface area (Å²) in [7, 11) is 0. The van der Waals surface area contributed by atoms with Gasteiger partial charge >= 0.3 is 5.82 Å². The molecule has 0 atom stereocenters. The molecule has 0 unspecified atom stereocenters. The third kappa shape index (κ3) is 3.30. The summed E-state index contributed by atoms with van der Waals surface area (Å²) in [6, 6.07) is 0. The number of allylic oxidation sites excluding steroid dienone is 1. The lowest BCUT2D eigenvalue weighted by Crippen LogP contribution is -1.84. The SMILES string of the molecule is CCCCC(O)=C(N=[N-])[N+]#N. The van der Waals surface area contributed by atoms with Gasteiger partial charge in [0.2, 0.25) is 5.76 Å². The molecule has 0 fully saturated rings. The smallest absolute Gasteiger partial charge is 0.486 e. The van der Waals surface area contributed by atoms with Crippen molar-refractivity contribution in [1.29, 1.82) is 5.39 Å². The first-order valence-electron chi connectivity index (χ1n) is 3.38. The van der Waals surface area contributed by atoms with Crippen LogP contribution in [0.3, 0.4) is 0 Å². The summed E-state index contributed by atoms with van der Waals surface area (Å²) in [6.07, 6.45) is 2.04. The molecule has 0 bridgehead atoms. The molecule has 0 aliphatic rings. The number of hydrogen-bond donors (Lipinski definition) is 1. The van der Waals surface area contributed by atoms with Crippen LogP contribution in [0.5, 0.6) is 0 Å². The largest absolute Gasteiger partial charge is 0.563 e. The lowest BCUT2D eigenvalue weighted by atomic mass is 10.2. The van der Waals surface area contributed by atoms with E-state index in [4.69, 9.17) is 16.0 Å². The molecule has 0 radical (unpaired) electrons. The zero-order valence-electron chi connectivity index (χ0n) is 6.36. The van der Waals surface area contributed by atoms with E-state index in [2.05, 4.69) is 10.1 Å². The molecule has 5 heteroatoms. The molecule has 0 amide bonds. The van der Waals surface area contributed by atoms with Crippen LogP contribution in [-0.4, -0.2) is 5.11 Å². The highest BCUT2D eigenvalue weighted by molar-refractivity contribution is 5.11. The summed E-state index contributed by atoms with van der Waals surface area (Å²) < 4.78 is 0. The average Bonchev–Trinajstić information content (AvgIpc) is 2.03. The third-order valence-corrected chi connectivity index (χ3v) is 1.21. The maximum atomic E-state index is 9.01. The van der Waals surface area contributed by atoms with Crippen molar-refractivity contribution in [2.45, 2.75) is 26.2 Å². The van der Waals surface area contributed by atoms with Gasteiger partial charge in [-0.2, -0.15) is 0 Å². The maximum Gasteiger partial charge on any atom is 0.486 e. The predicted octanol–water partition coefficient (Wildman–Crippen LogP) is 2.78. The van der Waals surface area contributed by atoms with Crippen LogP contribution in [0.1, 0.15) is 26.2 Å². The first-order chi connectivity index (χ1) is 5.26. The minimum Gasteiger partial charge on any atom is -0.563 e. The predicted molar refractivity (Wildman–Crippen MR) is 40.1 cm³/mol. The minimum absolute atomic E-state index is 0.197. The standard InChI is InChI=1S/C6H10N4O/c1-2-3-4-5(11)6(9-7)10-8/h11H,2-4H2,1H3. The van der Waals surface area contributed by atoms with Gasteiger partial charge in [0.25, 0.3) is 0 Å². The quantitative estimate of drug-likeness (QED) is 0.383. The van der Waals surface area contributed by atoms with Crippen LogP contribution in [0.2, 0.25) is 0 Å². The summed E-state index contributed by atoms with van der Waals surface area (Å²) >= 11 is 0. The molecule has 0 rings (SSSR count). The zero-order chi connectivity index (χ0) is 8.69.